The quantitative estimate of drug-likeness (QED) is 0.472. The zero-order valence-electron chi connectivity index (χ0n) is 16.5. The third-order valence-corrected chi connectivity index (χ3v) is 4.48. The monoisotopic (exact) mass is 428 g/mol. The molecule has 0 atom stereocenters. The maximum absolute atomic E-state index is 13.0. The molecule has 0 heterocycles. The predicted octanol–water partition coefficient (Wildman–Crippen LogP) is 5.51. The van der Waals surface area contributed by atoms with E-state index < -0.39 is 0 Å². The van der Waals surface area contributed by atoms with Gasteiger partial charge in [0.1, 0.15) is 5.82 Å². The average molecular weight is 429 g/mol. The first-order valence-corrected chi connectivity index (χ1v) is 9.85. The molecule has 0 bridgehead atoms. The number of ether oxygens (including phenoxy) is 2. The third kappa shape index (κ3) is 6.12. The summed E-state index contributed by atoms with van der Waals surface area (Å²) < 4.78 is 24.2. The molecule has 0 unspecified atom stereocenters. The number of anilines is 2. The minimum Gasteiger partial charge on any atom is -0.490 e. The van der Waals surface area contributed by atoms with Crippen molar-refractivity contribution in [1.29, 1.82) is 0 Å². The van der Waals surface area contributed by atoms with Gasteiger partial charge in [0, 0.05) is 12.2 Å². The molecule has 1 amide bonds. The maximum atomic E-state index is 13.0. The Morgan fingerprint density at radius 3 is 2.50 bits per heavy atom. The molecule has 30 heavy (non-hydrogen) atoms. The van der Waals surface area contributed by atoms with E-state index in [1.54, 1.807) is 6.07 Å². The van der Waals surface area contributed by atoms with Gasteiger partial charge in [-0.3, -0.25) is 4.79 Å². The van der Waals surface area contributed by atoms with Crippen molar-refractivity contribution in [3.63, 3.8) is 0 Å². The summed E-state index contributed by atoms with van der Waals surface area (Å²) >= 11 is 6.17. The Bertz CT molecular complexity index is 996. The fourth-order valence-corrected chi connectivity index (χ4v) is 2.93. The Morgan fingerprint density at radius 2 is 1.77 bits per heavy atom. The minimum absolute atomic E-state index is 0.200. The molecule has 3 aromatic rings. The molecule has 0 aromatic heterocycles. The number of carbonyl (C=O) groups excluding carboxylic acids is 1. The summed E-state index contributed by atoms with van der Waals surface area (Å²) in [5.41, 5.74) is 2.31. The van der Waals surface area contributed by atoms with Gasteiger partial charge in [-0.25, -0.2) is 4.39 Å². The van der Waals surface area contributed by atoms with Crippen LogP contribution in [0.5, 0.6) is 11.5 Å². The van der Waals surface area contributed by atoms with Crippen molar-refractivity contribution in [1.82, 2.24) is 0 Å². The van der Waals surface area contributed by atoms with Crippen LogP contribution in [0.1, 0.15) is 12.5 Å². The average Bonchev–Trinajstić information content (AvgIpc) is 2.74. The molecule has 0 spiro atoms. The van der Waals surface area contributed by atoms with E-state index in [1.165, 1.54) is 24.3 Å². The van der Waals surface area contributed by atoms with Gasteiger partial charge in [-0.15, -0.1) is 0 Å². The molecule has 5 nitrogen and oxygen atoms in total. The molecule has 3 aromatic carbocycles. The number of hydrogen-bond acceptors (Lipinski definition) is 4. The number of amides is 1. The van der Waals surface area contributed by atoms with Gasteiger partial charge in [-0.2, -0.15) is 0 Å². The van der Waals surface area contributed by atoms with Gasteiger partial charge < -0.3 is 20.1 Å². The summed E-state index contributed by atoms with van der Waals surface area (Å²) in [6, 6.07) is 18.6. The highest BCUT2D eigenvalue weighted by Gasteiger charge is 2.10. The molecule has 0 saturated carbocycles. The number of halogens is 2. The fourth-order valence-electron chi connectivity index (χ4n) is 2.73. The second-order valence-corrected chi connectivity index (χ2v) is 6.80. The lowest BCUT2D eigenvalue weighted by Crippen LogP contribution is -2.20. The highest BCUT2D eigenvalue weighted by molar-refractivity contribution is 6.33. The number of benzene rings is 3. The number of para-hydroxylation sites is 1. The van der Waals surface area contributed by atoms with Crippen LogP contribution in [0.25, 0.3) is 0 Å². The molecule has 0 saturated heterocycles. The van der Waals surface area contributed by atoms with Gasteiger partial charge in [-0.05, 0) is 61.0 Å². The summed E-state index contributed by atoms with van der Waals surface area (Å²) in [5, 5.41) is 6.58. The lowest BCUT2D eigenvalue weighted by molar-refractivity contribution is -0.118. The van der Waals surface area contributed by atoms with Crippen molar-refractivity contribution < 1.29 is 18.7 Å². The summed E-state index contributed by atoms with van der Waals surface area (Å²) in [4.78, 5) is 12.1. The van der Waals surface area contributed by atoms with Crippen LogP contribution in [0.3, 0.4) is 0 Å². The van der Waals surface area contributed by atoms with Crippen LogP contribution >= 0.6 is 11.6 Å². The van der Waals surface area contributed by atoms with Gasteiger partial charge in [0.25, 0.3) is 5.91 Å². The molecule has 2 N–H and O–H groups in total. The highest BCUT2D eigenvalue weighted by atomic mass is 35.5. The zero-order chi connectivity index (χ0) is 21.3. The first-order valence-electron chi connectivity index (χ1n) is 9.47. The lowest BCUT2D eigenvalue weighted by Gasteiger charge is -2.14. The van der Waals surface area contributed by atoms with Gasteiger partial charge in [0.15, 0.2) is 18.1 Å². The Balaban J connectivity index is 1.60. The van der Waals surface area contributed by atoms with Crippen LogP contribution in [-0.4, -0.2) is 19.1 Å². The molecule has 156 valence electrons. The standard InChI is InChI=1S/C23H22ClFN2O3/c1-2-29-22-13-16(14-26-20-6-4-3-5-19(20)24)7-12-21(22)30-15-23(28)27-18-10-8-17(25)9-11-18/h3-13,26H,2,14-15H2,1H3,(H,27,28). The zero-order valence-corrected chi connectivity index (χ0v) is 17.2. The van der Waals surface area contributed by atoms with E-state index in [9.17, 15) is 9.18 Å². The Morgan fingerprint density at radius 1 is 1.00 bits per heavy atom. The van der Waals surface area contributed by atoms with E-state index in [4.69, 9.17) is 21.1 Å². The number of carbonyl (C=O) groups is 1. The summed E-state index contributed by atoms with van der Waals surface area (Å²) in [5.74, 6) is 0.293. The van der Waals surface area contributed by atoms with E-state index in [1.807, 2.05) is 43.3 Å². The van der Waals surface area contributed by atoms with Crippen LogP contribution in [0, 0.1) is 5.82 Å². The van der Waals surface area contributed by atoms with Crippen molar-refractivity contribution in [2.24, 2.45) is 0 Å². The summed E-state index contributed by atoms with van der Waals surface area (Å²) in [7, 11) is 0. The molecular weight excluding hydrogens is 407 g/mol. The summed E-state index contributed by atoms with van der Waals surface area (Å²) in [6.45, 7) is 2.68. The van der Waals surface area contributed by atoms with Crippen molar-refractivity contribution >= 4 is 28.9 Å². The molecule has 0 fully saturated rings. The fraction of sp³-hybridized carbons (Fsp3) is 0.174. The largest absolute Gasteiger partial charge is 0.490 e. The first kappa shape index (κ1) is 21.5. The number of rotatable bonds is 9. The van der Waals surface area contributed by atoms with E-state index in [-0.39, 0.29) is 18.3 Å². The second kappa shape index (κ2) is 10.5. The minimum atomic E-state index is -0.366. The smallest absolute Gasteiger partial charge is 0.262 e. The molecular formula is C23H22ClFN2O3. The van der Waals surface area contributed by atoms with Crippen molar-refractivity contribution in [2.45, 2.75) is 13.5 Å². The SMILES string of the molecule is CCOc1cc(CNc2ccccc2Cl)ccc1OCC(=O)Nc1ccc(F)cc1. The normalized spacial score (nSPS) is 10.4. The van der Waals surface area contributed by atoms with Gasteiger partial charge in [0.05, 0.1) is 17.3 Å². The number of nitrogens with one attached hydrogen (secondary N) is 2. The maximum Gasteiger partial charge on any atom is 0.262 e. The lowest BCUT2D eigenvalue weighted by atomic mass is 10.2. The molecule has 0 aliphatic rings. The van der Waals surface area contributed by atoms with Crippen LogP contribution in [0.4, 0.5) is 15.8 Å². The van der Waals surface area contributed by atoms with E-state index in [2.05, 4.69) is 10.6 Å². The molecule has 3 rings (SSSR count). The first-order chi connectivity index (χ1) is 14.5. The molecule has 0 aliphatic carbocycles. The highest BCUT2D eigenvalue weighted by Crippen LogP contribution is 2.29. The predicted molar refractivity (Wildman–Crippen MR) is 117 cm³/mol. The summed E-state index contributed by atoms with van der Waals surface area (Å²) in [6.07, 6.45) is 0. The van der Waals surface area contributed by atoms with Crippen LogP contribution in [0.15, 0.2) is 66.7 Å². The van der Waals surface area contributed by atoms with Crippen LogP contribution in [-0.2, 0) is 11.3 Å². The van der Waals surface area contributed by atoms with E-state index >= 15 is 0 Å². The van der Waals surface area contributed by atoms with Crippen molar-refractivity contribution in [3.8, 4) is 11.5 Å². The van der Waals surface area contributed by atoms with Gasteiger partial charge in [-0.1, -0.05) is 29.8 Å². The third-order valence-electron chi connectivity index (χ3n) is 4.15. The van der Waals surface area contributed by atoms with Crippen LogP contribution in [0.2, 0.25) is 5.02 Å². The molecule has 0 radical (unpaired) electrons. The van der Waals surface area contributed by atoms with E-state index in [0.717, 1.165) is 11.3 Å². The Labute approximate surface area is 179 Å². The molecule has 0 aliphatic heterocycles. The van der Waals surface area contributed by atoms with Crippen LogP contribution < -0.4 is 20.1 Å². The van der Waals surface area contributed by atoms with Crippen molar-refractivity contribution in [2.75, 3.05) is 23.8 Å². The van der Waals surface area contributed by atoms with Gasteiger partial charge >= 0.3 is 0 Å². The van der Waals surface area contributed by atoms with Crippen molar-refractivity contribution in [3.05, 3.63) is 83.1 Å². The number of hydrogen-bond donors (Lipinski definition) is 2. The second-order valence-electron chi connectivity index (χ2n) is 6.39. The van der Waals surface area contributed by atoms with Gasteiger partial charge in [0.2, 0.25) is 0 Å². The Hall–Kier alpha value is -3.25. The topological polar surface area (TPSA) is 59.6 Å². The Kier molecular flexibility index (Phi) is 7.51. The van der Waals surface area contributed by atoms with E-state index in [0.29, 0.717) is 35.4 Å². The molecule has 7 heteroatoms.